The summed E-state index contributed by atoms with van der Waals surface area (Å²) in [5.41, 5.74) is 5.91. The Balaban J connectivity index is 0. The van der Waals surface area contributed by atoms with Gasteiger partial charge >= 0.3 is 0 Å². The first-order valence-electron chi connectivity index (χ1n) is 6.67. The van der Waals surface area contributed by atoms with E-state index in [1.54, 1.807) is 5.57 Å². The first kappa shape index (κ1) is 17.6. The Labute approximate surface area is 103 Å². The van der Waals surface area contributed by atoms with Gasteiger partial charge in [-0.1, -0.05) is 45.4 Å². The van der Waals surface area contributed by atoms with Crippen molar-refractivity contribution in [2.24, 2.45) is 0 Å². The van der Waals surface area contributed by atoms with Gasteiger partial charge in [-0.3, -0.25) is 0 Å². The van der Waals surface area contributed by atoms with Crippen LogP contribution in [0.1, 0.15) is 68.2 Å². The van der Waals surface area contributed by atoms with Crippen LogP contribution < -0.4 is 0 Å². The zero-order chi connectivity index (χ0) is 13.1. The van der Waals surface area contributed by atoms with Crippen LogP contribution in [-0.2, 0) is 0 Å². The van der Waals surface area contributed by atoms with E-state index >= 15 is 0 Å². The van der Waals surface area contributed by atoms with Crippen molar-refractivity contribution in [2.45, 2.75) is 68.2 Å². The van der Waals surface area contributed by atoms with Crippen LogP contribution in [0.4, 0.5) is 0 Å². The van der Waals surface area contributed by atoms with Crippen LogP contribution >= 0.6 is 0 Å². The molecular formula is C16H30. The standard InChI is InChI=1S/C12H18.2C2H6/c1-5-9(2)12-10(3)7-6-8-11(12)4;2*1-2/h5,7H,6,8H2,1-4H3;2*1-2H3/b9-5-;;. The molecule has 0 heteroatoms. The van der Waals surface area contributed by atoms with Crippen LogP contribution in [0, 0.1) is 0 Å². The maximum absolute atomic E-state index is 2.34. The summed E-state index contributed by atoms with van der Waals surface area (Å²) in [4.78, 5) is 0. The Kier molecular flexibility index (Phi) is 11.8. The fourth-order valence-corrected chi connectivity index (χ4v) is 1.86. The highest BCUT2D eigenvalue weighted by atomic mass is 14.1. The van der Waals surface area contributed by atoms with Crippen molar-refractivity contribution in [1.82, 2.24) is 0 Å². The molecule has 0 atom stereocenters. The van der Waals surface area contributed by atoms with Gasteiger partial charge in [0.1, 0.15) is 0 Å². The summed E-state index contributed by atoms with van der Waals surface area (Å²) in [5, 5.41) is 0. The molecule has 0 heterocycles. The Hall–Kier alpha value is -0.780. The minimum absolute atomic E-state index is 1.22. The monoisotopic (exact) mass is 222 g/mol. The van der Waals surface area contributed by atoms with E-state index in [9.17, 15) is 0 Å². The van der Waals surface area contributed by atoms with Crippen molar-refractivity contribution in [3.05, 3.63) is 34.4 Å². The fourth-order valence-electron chi connectivity index (χ4n) is 1.86. The Morgan fingerprint density at radius 3 is 2.00 bits per heavy atom. The highest BCUT2D eigenvalue weighted by molar-refractivity contribution is 5.49. The van der Waals surface area contributed by atoms with Crippen molar-refractivity contribution in [3.8, 4) is 0 Å². The molecule has 0 saturated heterocycles. The van der Waals surface area contributed by atoms with E-state index in [-0.39, 0.29) is 0 Å². The molecule has 0 fully saturated rings. The molecule has 1 rings (SSSR count). The van der Waals surface area contributed by atoms with Crippen molar-refractivity contribution in [1.29, 1.82) is 0 Å². The minimum atomic E-state index is 1.22. The van der Waals surface area contributed by atoms with Crippen molar-refractivity contribution < 1.29 is 0 Å². The topological polar surface area (TPSA) is 0 Å². The predicted octanol–water partition coefficient (Wildman–Crippen LogP) is 6.06. The van der Waals surface area contributed by atoms with Crippen LogP contribution in [0.25, 0.3) is 0 Å². The maximum atomic E-state index is 2.34. The summed E-state index contributed by atoms with van der Waals surface area (Å²) in [6.07, 6.45) is 6.99. The lowest BCUT2D eigenvalue weighted by molar-refractivity contribution is 0.921. The van der Waals surface area contributed by atoms with E-state index < -0.39 is 0 Å². The Morgan fingerprint density at radius 1 is 1.12 bits per heavy atom. The highest BCUT2D eigenvalue weighted by Crippen LogP contribution is 2.29. The van der Waals surface area contributed by atoms with Crippen LogP contribution in [0.3, 0.4) is 0 Å². The van der Waals surface area contributed by atoms with E-state index in [2.05, 4.69) is 39.8 Å². The van der Waals surface area contributed by atoms with Crippen LogP contribution in [0.15, 0.2) is 34.4 Å². The summed E-state index contributed by atoms with van der Waals surface area (Å²) < 4.78 is 0. The molecule has 0 unspecified atom stereocenters. The third-order valence-electron chi connectivity index (χ3n) is 2.62. The number of hydrogen-bond acceptors (Lipinski definition) is 0. The quantitative estimate of drug-likeness (QED) is 0.505. The second-order valence-electron chi connectivity index (χ2n) is 3.55. The first-order valence-corrected chi connectivity index (χ1v) is 6.67. The molecule has 1 aliphatic rings. The van der Waals surface area contributed by atoms with Crippen LogP contribution in [0.5, 0.6) is 0 Å². The molecule has 0 aromatic heterocycles. The molecule has 0 aromatic carbocycles. The normalized spacial score (nSPS) is 15.5. The summed E-state index contributed by atoms with van der Waals surface area (Å²) in [6, 6.07) is 0. The number of hydrogen-bond donors (Lipinski definition) is 0. The third-order valence-corrected chi connectivity index (χ3v) is 2.62. The molecule has 0 amide bonds. The smallest absolute Gasteiger partial charge is 0.0215 e. The molecule has 0 nitrogen and oxygen atoms in total. The molecule has 0 aromatic rings. The molecule has 0 spiro atoms. The van der Waals surface area contributed by atoms with E-state index in [1.165, 1.54) is 29.6 Å². The Morgan fingerprint density at radius 2 is 1.62 bits per heavy atom. The summed E-state index contributed by atoms with van der Waals surface area (Å²) in [6.45, 7) is 16.8. The van der Waals surface area contributed by atoms with E-state index in [4.69, 9.17) is 0 Å². The zero-order valence-electron chi connectivity index (χ0n) is 12.6. The molecular weight excluding hydrogens is 192 g/mol. The van der Waals surface area contributed by atoms with E-state index in [0.717, 1.165) is 0 Å². The van der Waals surface area contributed by atoms with Gasteiger partial charge in [0.2, 0.25) is 0 Å². The Bertz CT molecular complexity index is 256. The fraction of sp³-hybridized carbons (Fsp3) is 0.625. The van der Waals surface area contributed by atoms with Gasteiger partial charge in [-0.2, -0.15) is 0 Å². The zero-order valence-corrected chi connectivity index (χ0v) is 12.6. The van der Waals surface area contributed by atoms with Crippen molar-refractivity contribution in [3.63, 3.8) is 0 Å². The predicted molar refractivity (Wildman–Crippen MR) is 77.8 cm³/mol. The summed E-state index contributed by atoms with van der Waals surface area (Å²) in [7, 11) is 0. The van der Waals surface area contributed by atoms with Crippen molar-refractivity contribution >= 4 is 0 Å². The van der Waals surface area contributed by atoms with E-state index in [1.807, 2.05) is 27.7 Å². The molecule has 94 valence electrons. The van der Waals surface area contributed by atoms with Gasteiger partial charge in [0.25, 0.3) is 0 Å². The average molecular weight is 222 g/mol. The molecule has 0 aliphatic heterocycles. The van der Waals surface area contributed by atoms with Gasteiger partial charge in [0, 0.05) is 0 Å². The second kappa shape index (κ2) is 10.7. The van der Waals surface area contributed by atoms with Gasteiger partial charge in [-0.05, 0) is 57.3 Å². The van der Waals surface area contributed by atoms with Crippen molar-refractivity contribution in [2.75, 3.05) is 0 Å². The molecule has 0 saturated carbocycles. The summed E-state index contributed by atoms with van der Waals surface area (Å²) >= 11 is 0. The largest absolute Gasteiger partial charge is 0.0841 e. The SMILES string of the molecule is C/C=C(/C)C1=C(C)CCC=C1C.CC.CC. The molecule has 1 aliphatic carbocycles. The molecule has 16 heavy (non-hydrogen) atoms. The minimum Gasteiger partial charge on any atom is -0.0841 e. The first-order chi connectivity index (χ1) is 7.66. The van der Waals surface area contributed by atoms with Gasteiger partial charge in [-0.15, -0.1) is 0 Å². The molecule has 0 N–H and O–H groups in total. The lowest BCUT2D eigenvalue weighted by Gasteiger charge is -2.17. The van der Waals surface area contributed by atoms with Gasteiger partial charge in [0.15, 0.2) is 0 Å². The summed E-state index contributed by atoms with van der Waals surface area (Å²) in [5.74, 6) is 0. The van der Waals surface area contributed by atoms with Crippen LogP contribution in [0.2, 0.25) is 0 Å². The van der Waals surface area contributed by atoms with Gasteiger partial charge in [-0.25, -0.2) is 0 Å². The van der Waals surface area contributed by atoms with E-state index in [0.29, 0.717) is 0 Å². The highest BCUT2D eigenvalue weighted by Gasteiger charge is 2.10. The number of rotatable bonds is 1. The average Bonchev–Trinajstić information content (AvgIpc) is 2.33. The number of allylic oxidation sites excluding steroid dienone is 6. The third kappa shape index (κ3) is 5.34. The lowest BCUT2D eigenvalue weighted by Crippen LogP contribution is -1.98. The maximum Gasteiger partial charge on any atom is -0.0215 e. The molecule has 0 bridgehead atoms. The lowest BCUT2D eigenvalue weighted by atomic mass is 9.88. The second-order valence-corrected chi connectivity index (χ2v) is 3.55. The van der Waals surface area contributed by atoms with Crippen LogP contribution in [-0.4, -0.2) is 0 Å². The molecule has 0 radical (unpaired) electrons. The van der Waals surface area contributed by atoms with Gasteiger partial charge < -0.3 is 0 Å². The van der Waals surface area contributed by atoms with Gasteiger partial charge in [0.05, 0.1) is 0 Å².